The number of anilines is 2. The highest BCUT2D eigenvalue weighted by Gasteiger charge is 2.14. The van der Waals surface area contributed by atoms with Crippen LogP contribution >= 0.6 is 0 Å². The molecule has 2 rings (SSSR count). The molecule has 108 valence electrons. The van der Waals surface area contributed by atoms with Crippen LogP contribution in [0.3, 0.4) is 0 Å². The molecule has 0 heterocycles. The molecule has 4 heteroatoms. The molecule has 4 nitrogen and oxygen atoms in total. The number of rotatable bonds is 2. The van der Waals surface area contributed by atoms with E-state index in [4.69, 9.17) is 0 Å². The molecule has 0 fully saturated rings. The Labute approximate surface area is 124 Å². The molecule has 0 saturated carbocycles. The van der Waals surface area contributed by atoms with Gasteiger partial charge in [-0.15, -0.1) is 0 Å². The van der Waals surface area contributed by atoms with E-state index in [-0.39, 0.29) is 0 Å². The van der Waals surface area contributed by atoms with Gasteiger partial charge in [0.1, 0.15) is 0 Å². The fourth-order valence-corrected chi connectivity index (χ4v) is 2.13. The zero-order valence-electron chi connectivity index (χ0n) is 12.4. The van der Waals surface area contributed by atoms with Crippen molar-refractivity contribution in [1.82, 2.24) is 0 Å². The Kier molecular flexibility index (Phi) is 4.38. The van der Waals surface area contributed by atoms with Crippen molar-refractivity contribution in [2.75, 3.05) is 10.6 Å². The summed E-state index contributed by atoms with van der Waals surface area (Å²) in [5, 5.41) is 5.22. The van der Waals surface area contributed by atoms with Crippen molar-refractivity contribution in [2.24, 2.45) is 0 Å². The molecule has 21 heavy (non-hydrogen) atoms. The van der Waals surface area contributed by atoms with Crippen LogP contribution in [0, 0.1) is 20.8 Å². The first-order chi connectivity index (χ1) is 9.95. The topological polar surface area (TPSA) is 58.2 Å². The van der Waals surface area contributed by atoms with E-state index in [0.29, 0.717) is 11.4 Å². The zero-order valence-corrected chi connectivity index (χ0v) is 12.4. The summed E-state index contributed by atoms with van der Waals surface area (Å²) in [5.41, 5.74) is 4.23. The van der Waals surface area contributed by atoms with Gasteiger partial charge in [0, 0.05) is 11.4 Å². The molecule has 0 bridgehead atoms. The Balaban J connectivity index is 2.06. The van der Waals surface area contributed by atoms with Crippen LogP contribution in [-0.4, -0.2) is 11.8 Å². The van der Waals surface area contributed by atoms with Gasteiger partial charge in [0.25, 0.3) is 0 Å². The van der Waals surface area contributed by atoms with E-state index in [0.717, 1.165) is 16.7 Å². The van der Waals surface area contributed by atoms with Crippen molar-refractivity contribution < 1.29 is 9.59 Å². The van der Waals surface area contributed by atoms with Gasteiger partial charge in [0.15, 0.2) is 0 Å². The summed E-state index contributed by atoms with van der Waals surface area (Å²) in [6, 6.07) is 13.0. The Morgan fingerprint density at radius 1 is 0.810 bits per heavy atom. The van der Waals surface area contributed by atoms with Crippen LogP contribution in [0.4, 0.5) is 11.4 Å². The first-order valence-corrected chi connectivity index (χ1v) is 6.72. The molecule has 2 N–H and O–H groups in total. The number of carbonyl (C=O) groups excluding carboxylic acids is 2. The minimum atomic E-state index is -0.678. The van der Waals surface area contributed by atoms with Crippen LogP contribution < -0.4 is 10.6 Å². The highest BCUT2D eigenvalue weighted by Crippen LogP contribution is 2.15. The van der Waals surface area contributed by atoms with Gasteiger partial charge < -0.3 is 10.6 Å². The summed E-state index contributed by atoms with van der Waals surface area (Å²) in [7, 11) is 0. The Hall–Kier alpha value is -2.62. The summed E-state index contributed by atoms with van der Waals surface area (Å²) in [6.07, 6.45) is 0. The van der Waals surface area contributed by atoms with E-state index in [2.05, 4.69) is 10.6 Å². The first-order valence-electron chi connectivity index (χ1n) is 6.72. The largest absolute Gasteiger partial charge is 0.318 e. The van der Waals surface area contributed by atoms with Crippen LogP contribution in [0.1, 0.15) is 16.7 Å². The molecule has 0 unspecified atom stereocenters. The Morgan fingerprint density at radius 2 is 1.38 bits per heavy atom. The lowest BCUT2D eigenvalue weighted by Gasteiger charge is -2.09. The Bertz CT molecular complexity index is 673. The lowest BCUT2D eigenvalue weighted by molar-refractivity contribution is -0.133. The molecule has 0 aliphatic rings. The number of amides is 2. The Morgan fingerprint density at radius 3 is 2.00 bits per heavy atom. The van der Waals surface area contributed by atoms with Crippen LogP contribution in [0.5, 0.6) is 0 Å². The first kappa shape index (κ1) is 14.8. The maximum Gasteiger partial charge on any atom is 0.314 e. The molecule has 2 aromatic rings. The van der Waals surface area contributed by atoms with E-state index in [1.165, 1.54) is 0 Å². The zero-order chi connectivity index (χ0) is 15.4. The van der Waals surface area contributed by atoms with Gasteiger partial charge in [-0.2, -0.15) is 0 Å². The van der Waals surface area contributed by atoms with Crippen molar-refractivity contribution in [3.8, 4) is 0 Å². The SMILES string of the molecule is Cc1cc(C)cc(NC(=O)C(=O)Nc2ccccc2C)c1. The van der Waals surface area contributed by atoms with E-state index >= 15 is 0 Å². The van der Waals surface area contributed by atoms with Crippen LogP contribution in [0.25, 0.3) is 0 Å². The van der Waals surface area contributed by atoms with Gasteiger partial charge in [-0.1, -0.05) is 24.3 Å². The predicted octanol–water partition coefficient (Wildman–Crippen LogP) is 3.19. The lowest BCUT2D eigenvalue weighted by Crippen LogP contribution is -2.29. The number of hydrogen-bond donors (Lipinski definition) is 2. The standard InChI is InChI=1S/C17H18N2O2/c1-11-8-12(2)10-14(9-11)18-16(20)17(21)19-15-7-5-4-6-13(15)3/h4-10H,1-3H3,(H,18,20)(H,19,21). The van der Waals surface area contributed by atoms with Crippen LogP contribution in [-0.2, 0) is 9.59 Å². The van der Waals surface area contributed by atoms with Crippen molar-refractivity contribution in [2.45, 2.75) is 20.8 Å². The molecular formula is C17H18N2O2. The molecule has 0 atom stereocenters. The second-order valence-corrected chi connectivity index (χ2v) is 5.10. The number of hydrogen-bond acceptors (Lipinski definition) is 2. The van der Waals surface area contributed by atoms with Crippen molar-refractivity contribution in [3.63, 3.8) is 0 Å². The fourth-order valence-electron chi connectivity index (χ4n) is 2.13. The molecular weight excluding hydrogens is 264 g/mol. The van der Waals surface area contributed by atoms with Gasteiger partial charge >= 0.3 is 11.8 Å². The molecule has 0 aliphatic heterocycles. The lowest BCUT2D eigenvalue weighted by atomic mass is 10.1. The van der Waals surface area contributed by atoms with Crippen molar-refractivity contribution in [3.05, 3.63) is 59.2 Å². The summed E-state index contributed by atoms with van der Waals surface area (Å²) in [4.78, 5) is 23.8. The smallest absolute Gasteiger partial charge is 0.314 e. The van der Waals surface area contributed by atoms with E-state index < -0.39 is 11.8 Å². The summed E-state index contributed by atoms with van der Waals surface area (Å²) >= 11 is 0. The minimum absolute atomic E-state index is 0.623. The van der Waals surface area contributed by atoms with Gasteiger partial charge in [-0.25, -0.2) is 0 Å². The minimum Gasteiger partial charge on any atom is -0.318 e. The molecule has 0 aromatic heterocycles. The molecule has 0 spiro atoms. The van der Waals surface area contributed by atoms with Gasteiger partial charge in [-0.05, 0) is 55.7 Å². The quantitative estimate of drug-likeness (QED) is 0.831. The van der Waals surface area contributed by atoms with E-state index in [1.54, 1.807) is 6.07 Å². The third-order valence-corrected chi connectivity index (χ3v) is 3.08. The van der Waals surface area contributed by atoms with Gasteiger partial charge in [-0.3, -0.25) is 9.59 Å². The molecule has 2 aromatic carbocycles. The fraction of sp³-hybridized carbons (Fsp3) is 0.176. The number of carbonyl (C=O) groups is 2. The maximum absolute atomic E-state index is 11.9. The second kappa shape index (κ2) is 6.22. The van der Waals surface area contributed by atoms with Gasteiger partial charge in [0.05, 0.1) is 0 Å². The molecule has 0 saturated heterocycles. The average Bonchev–Trinajstić information content (AvgIpc) is 2.40. The van der Waals surface area contributed by atoms with Crippen molar-refractivity contribution in [1.29, 1.82) is 0 Å². The highest BCUT2D eigenvalue weighted by molar-refractivity contribution is 6.43. The number of benzene rings is 2. The summed E-state index contributed by atoms with van der Waals surface area (Å²) in [5.74, 6) is -1.35. The molecule has 0 radical (unpaired) electrons. The summed E-state index contributed by atoms with van der Waals surface area (Å²) < 4.78 is 0. The monoisotopic (exact) mass is 282 g/mol. The van der Waals surface area contributed by atoms with Crippen LogP contribution in [0.2, 0.25) is 0 Å². The third-order valence-electron chi connectivity index (χ3n) is 3.08. The predicted molar refractivity (Wildman–Crippen MR) is 84.4 cm³/mol. The van der Waals surface area contributed by atoms with E-state index in [9.17, 15) is 9.59 Å². The van der Waals surface area contributed by atoms with Gasteiger partial charge in [0.2, 0.25) is 0 Å². The van der Waals surface area contributed by atoms with Crippen LogP contribution in [0.15, 0.2) is 42.5 Å². The molecule has 2 amide bonds. The number of aryl methyl sites for hydroxylation is 3. The van der Waals surface area contributed by atoms with E-state index in [1.807, 2.05) is 57.2 Å². The second-order valence-electron chi connectivity index (χ2n) is 5.10. The highest BCUT2D eigenvalue weighted by atomic mass is 16.2. The maximum atomic E-state index is 11.9. The number of para-hydroxylation sites is 1. The third kappa shape index (κ3) is 3.92. The molecule has 0 aliphatic carbocycles. The van der Waals surface area contributed by atoms with Crippen molar-refractivity contribution >= 4 is 23.2 Å². The summed E-state index contributed by atoms with van der Waals surface area (Å²) in [6.45, 7) is 5.75. The normalized spacial score (nSPS) is 10.0. The average molecular weight is 282 g/mol. The number of nitrogens with one attached hydrogen (secondary N) is 2.